The zero-order valence-electron chi connectivity index (χ0n) is 11.1. The molecule has 0 fully saturated rings. The summed E-state index contributed by atoms with van der Waals surface area (Å²) in [7, 11) is -1.33. The Labute approximate surface area is 108 Å². The highest BCUT2D eigenvalue weighted by Crippen LogP contribution is 2.15. The van der Waals surface area contributed by atoms with Crippen molar-refractivity contribution in [3.05, 3.63) is 12.4 Å². The van der Waals surface area contributed by atoms with Crippen LogP contribution in [0.15, 0.2) is 12.4 Å². The van der Waals surface area contributed by atoms with Gasteiger partial charge in [-0.25, -0.2) is 13.4 Å². The highest BCUT2D eigenvalue weighted by molar-refractivity contribution is 7.90. The lowest BCUT2D eigenvalue weighted by Crippen LogP contribution is -2.18. The Bertz CT molecular complexity index is 456. The molecule has 1 unspecified atom stereocenters. The van der Waals surface area contributed by atoms with Gasteiger partial charge in [0, 0.05) is 45.0 Å². The molecule has 1 atom stereocenters. The first kappa shape index (κ1) is 15.0. The molecular formula is C11H21N3O3S. The van der Waals surface area contributed by atoms with E-state index in [4.69, 9.17) is 4.74 Å². The van der Waals surface area contributed by atoms with Crippen molar-refractivity contribution < 1.29 is 13.2 Å². The van der Waals surface area contributed by atoms with E-state index >= 15 is 0 Å². The van der Waals surface area contributed by atoms with Gasteiger partial charge in [-0.1, -0.05) is 0 Å². The average molecular weight is 275 g/mol. The van der Waals surface area contributed by atoms with E-state index in [1.54, 1.807) is 19.5 Å². The van der Waals surface area contributed by atoms with Gasteiger partial charge in [-0.2, -0.15) is 0 Å². The van der Waals surface area contributed by atoms with E-state index in [2.05, 4.69) is 10.3 Å². The fourth-order valence-electron chi connectivity index (χ4n) is 1.74. The molecule has 0 bridgehead atoms. The monoisotopic (exact) mass is 275 g/mol. The second-order valence-electron chi connectivity index (χ2n) is 4.37. The predicted octanol–water partition coefficient (Wildman–Crippen LogP) is 0.937. The number of hydrogen-bond donors (Lipinski definition) is 1. The fourth-order valence-corrected chi connectivity index (χ4v) is 2.78. The number of anilines is 1. The second-order valence-corrected chi connectivity index (χ2v) is 6.56. The van der Waals surface area contributed by atoms with E-state index in [0.29, 0.717) is 12.6 Å². The number of aromatic nitrogens is 2. The molecular weight excluding hydrogens is 254 g/mol. The first-order valence-electron chi connectivity index (χ1n) is 5.87. The number of ether oxygens (including phenoxy) is 1. The topological polar surface area (TPSA) is 73.2 Å². The number of methoxy groups -OCH3 is 1. The third-order valence-corrected chi connectivity index (χ3v) is 3.58. The quantitative estimate of drug-likeness (QED) is 0.715. The van der Waals surface area contributed by atoms with Gasteiger partial charge < -0.3 is 14.6 Å². The Hall–Kier alpha value is -1.08. The van der Waals surface area contributed by atoms with Crippen LogP contribution in [0, 0.1) is 0 Å². The molecule has 0 amide bonds. The van der Waals surface area contributed by atoms with Gasteiger partial charge in [-0.05, 0) is 13.3 Å². The van der Waals surface area contributed by atoms with Crippen LogP contribution in [-0.4, -0.2) is 50.2 Å². The summed E-state index contributed by atoms with van der Waals surface area (Å²) in [6.45, 7) is 3.30. The summed E-state index contributed by atoms with van der Waals surface area (Å²) < 4.78 is 29.4. The molecule has 1 aromatic rings. The van der Waals surface area contributed by atoms with Gasteiger partial charge in [-0.15, -0.1) is 0 Å². The zero-order chi connectivity index (χ0) is 13.6. The van der Waals surface area contributed by atoms with Crippen LogP contribution in [0.4, 0.5) is 5.95 Å². The van der Waals surface area contributed by atoms with Crippen molar-refractivity contribution in [3.8, 4) is 0 Å². The zero-order valence-corrected chi connectivity index (χ0v) is 11.9. The predicted molar refractivity (Wildman–Crippen MR) is 71.6 cm³/mol. The van der Waals surface area contributed by atoms with E-state index in [-0.39, 0.29) is 11.8 Å². The van der Waals surface area contributed by atoms with E-state index < -0.39 is 9.84 Å². The molecule has 0 saturated carbocycles. The molecule has 0 aliphatic rings. The Morgan fingerprint density at radius 2 is 2.28 bits per heavy atom. The summed E-state index contributed by atoms with van der Waals surface area (Å²) in [6.07, 6.45) is 5.57. The number of nitrogens with zero attached hydrogens (tertiary/aromatic N) is 2. The number of rotatable bonds is 8. The minimum absolute atomic E-state index is 0.107. The van der Waals surface area contributed by atoms with E-state index in [0.717, 1.165) is 13.0 Å². The molecule has 1 heterocycles. The maximum atomic E-state index is 11.3. The first-order valence-corrected chi connectivity index (χ1v) is 7.93. The molecule has 18 heavy (non-hydrogen) atoms. The van der Waals surface area contributed by atoms with E-state index in [1.165, 1.54) is 6.26 Å². The molecule has 0 saturated heterocycles. The maximum absolute atomic E-state index is 11.3. The molecule has 0 aliphatic carbocycles. The fraction of sp³-hybridized carbons (Fsp3) is 0.727. The van der Waals surface area contributed by atoms with Crippen molar-refractivity contribution in [2.24, 2.45) is 0 Å². The van der Waals surface area contributed by atoms with Gasteiger partial charge in [0.2, 0.25) is 5.95 Å². The van der Waals surface area contributed by atoms with Crippen LogP contribution in [0.5, 0.6) is 0 Å². The third-order valence-electron chi connectivity index (χ3n) is 2.50. The third kappa shape index (κ3) is 5.05. The highest BCUT2D eigenvalue weighted by Gasteiger charge is 2.14. The lowest BCUT2D eigenvalue weighted by molar-refractivity contribution is 0.197. The van der Waals surface area contributed by atoms with Gasteiger partial charge in [-0.3, -0.25) is 0 Å². The summed E-state index contributed by atoms with van der Waals surface area (Å²) in [4.78, 5) is 4.18. The van der Waals surface area contributed by atoms with Crippen molar-refractivity contribution in [1.29, 1.82) is 0 Å². The molecule has 6 nitrogen and oxygen atoms in total. The molecule has 1 aromatic heterocycles. The number of sulfone groups is 1. The van der Waals surface area contributed by atoms with Crippen LogP contribution in [0.25, 0.3) is 0 Å². The van der Waals surface area contributed by atoms with E-state index in [9.17, 15) is 8.42 Å². The molecule has 0 radical (unpaired) electrons. The molecule has 0 spiro atoms. The van der Waals surface area contributed by atoms with Crippen LogP contribution >= 0.6 is 0 Å². The Balaban J connectivity index is 2.58. The van der Waals surface area contributed by atoms with Gasteiger partial charge in [0.1, 0.15) is 9.84 Å². The van der Waals surface area contributed by atoms with Gasteiger partial charge in [0.15, 0.2) is 0 Å². The SMILES string of the molecule is COCCCNc1nccn1C(C)CS(C)(=O)=O. The maximum Gasteiger partial charge on any atom is 0.203 e. The number of nitrogens with one attached hydrogen (secondary N) is 1. The highest BCUT2D eigenvalue weighted by atomic mass is 32.2. The van der Waals surface area contributed by atoms with Crippen molar-refractivity contribution in [2.45, 2.75) is 19.4 Å². The van der Waals surface area contributed by atoms with Crippen molar-refractivity contribution in [1.82, 2.24) is 9.55 Å². The van der Waals surface area contributed by atoms with Crippen LogP contribution in [-0.2, 0) is 14.6 Å². The van der Waals surface area contributed by atoms with Gasteiger partial charge >= 0.3 is 0 Å². The molecule has 0 aliphatic heterocycles. The first-order chi connectivity index (χ1) is 8.44. The van der Waals surface area contributed by atoms with Crippen molar-refractivity contribution in [2.75, 3.05) is 37.6 Å². The summed E-state index contributed by atoms with van der Waals surface area (Å²) in [6, 6.07) is -0.132. The Morgan fingerprint density at radius 3 is 2.89 bits per heavy atom. The smallest absolute Gasteiger partial charge is 0.203 e. The number of imidazole rings is 1. The van der Waals surface area contributed by atoms with Crippen molar-refractivity contribution in [3.63, 3.8) is 0 Å². The second kappa shape index (κ2) is 6.75. The van der Waals surface area contributed by atoms with Crippen molar-refractivity contribution >= 4 is 15.8 Å². The average Bonchev–Trinajstić information content (AvgIpc) is 2.70. The van der Waals surface area contributed by atoms with Crippen LogP contribution in [0.3, 0.4) is 0 Å². The van der Waals surface area contributed by atoms with Crippen LogP contribution < -0.4 is 5.32 Å². The molecule has 1 N–H and O–H groups in total. The lowest BCUT2D eigenvalue weighted by Gasteiger charge is -2.16. The lowest BCUT2D eigenvalue weighted by atomic mass is 10.4. The van der Waals surface area contributed by atoms with Gasteiger partial charge in [0.25, 0.3) is 0 Å². The van der Waals surface area contributed by atoms with Crippen LogP contribution in [0.1, 0.15) is 19.4 Å². The molecule has 104 valence electrons. The Morgan fingerprint density at radius 1 is 1.56 bits per heavy atom. The van der Waals surface area contributed by atoms with E-state index in [1.807, 2.05) is 11.5 Å². The molecule has 1 rings (SSSR count). The standard InChI is InChI=1S/C11H21N3O3S/c1-10(9-18(3,15)16)14-7-6-13-11(14)12-5-4-8-17-2/h6-7,10H,4-5,8-9H2,1-3H3,(H,12,13). The summed E-state index contributed by atoms with van der Waals surface area (Å²) >= 11 is 0. The van der Waals surface area contributed by atoms with Gasteiger partial charge in [0.05, 0.1) is 5.75 Å². The number of hydrogen-bond acceptors (Lipinski definition) is 5. The largest absolute Gasteiger partial charge is 0.385 e. The minimum Gasteiger partial charge on any atom is -0.385 e. The normalized spacial score (nSPS) is 13.5. The molecule has 0 aromatic carbocycles. The summed E-state index contributed by atoms with van der Waals surface area (Å²) in [5, 5.41) is 3.17. The Kier molecular flexibility index (Phi) is 5.61. The summed E-state index contributed by atoms with van der Waals surface area (Å²) in [5.41, 5.74) is 0. The molecule has 7 heteroatoms. The minimum atomic E-state index is -2.99. The summed E-state index contributed by atoms with van der Waals surface area (Å²) in [5.74, 6) is 0.804. The van der Waals surface area contributed by atoms with Crippen LogP contribution in [0.2, 0.25) is 0 Å².